The molecular formula is C13H26ClNO. The van der Waals surface area contributed by atoms with E-state index in [2.05, 4.69) is 5.32 Å². The van der Waals surface area contributed by atoms with E-state index in [1.807, 2.05) is 7.11 Å². The van der Waals surface area contributed by atoms with Crippen molar-refractivity contribution in [2.45, 2.75) is 63.5 Å². The first kappa shape index (κ1) is 14.3. The van der Waals surface area contributed by atoms with Crippen LogP contribution < -0.4 is 5.32 Å². The SMILES string of the molecule is COC1CCCC(NCCCCCCCl)C1. The fourth-order valence-electron chi connectivity index (χ4n) is 2.42. The number of rotatable bonds is 8. The highest BCUT2D eigenvalue weighted by molar-refractivity contribution is 6.17. The van der Waals surface area contributed by atoms with Crippen LogP contribution in [0.15, 0.2) is 0 Å². The molecule has 1 N–H and O–H groups in total. The molecule has 16 heavy (non-hydrogen) atoms. The van der Waals surface area contributed by atoms with Crippen molar-refractivity contribution in [2.75, 3.05) is 19.5 Å². The van der Waals surface area contributed by atoms with Crippen LogP contribution in [0.25, 0.3) is 0 Å². The maximum Gasteiger partial charge on any atom is 0.0586 e. The second-order valence-electron chi connectivity index (χ2n) is 4.78. The number of halogens is 1. The van der Waals surface area contributed by atoms with Crippen molar-refractivity contribution in [3.05, 3.63) is 0 Å². The molecule has 2 atom stereocenters. The van der Waals surface area contributed by atoms with E-state index in [-0.39, 0.29) is 0 Å². The zero-order valence-electron chi connectivity index (χ0n) is 10.5. The summed E-state index contributed by atoms with van der Waals surface area (Å²) < 4.78 is 5.43. The Bertz CT molecular complexity index is 166. The first-order valence-corrected chi connectivity index (χ1v) is 7.22. The molecule has 0 amide bonds. The van der Waals surface area contributed by atoms with E-state index in [1.54, 1.807) is 0 Å². The second-order valence-corrected chi connectivity index (χ2v) is 5.16. The molecule has 3 heteroatoms. The largest absolute Gasteiger partial charge is 0.381 e. The van der Waals surface area contributed by atoms with Gasteiger partial charge in [0, 0.05) is 19.0 Å². The Morgan fingerprint density at radius 1 is 1.19 bits per heavy atom. The fourth-order valence-corrected chi connectivity index (χ4v) is 2.61. The molecule has 0 saturated heterocycles. The van der Waals surface area contributed by atoms with E-state index in [1.165, 1.54) is 44.9 Å². The van der Waals surface area contributed by atoms with Gasteiger partial charge in [0.25, 0.3) is 0 Å². The van der Waals surface area contributed by atoms with Gasteiger partial charge in [-0.2, -0.15) is 0 Å². The van der Waals surface area contributed by atoms with Gasteiger partial charge in [-0.25, -0.2) is 0 Å². The molecule has 0 spiro atoms. The van der Waals surface area contributed by atoms with Gasteiger partial charge >= 0.3 is 0 Å². The quantitative estimate of drug-likeness (QED) is 0.525. The van der Waals surface area contributed by atoms with Crippen LogP contribution >= 0.6 is 11.6 Å². The molecule has 0 heterocycles. The molecular weight excluding hydrogens is 222 g/mol. The third-order valence-electron chi connectivity index (χ3n) is 3.45. The van der Waals surface area contributed by atoms with E-state index in [4.69, 9.17) is 16.3 Å². The lowest BCUT2D eigenvalue weighted by Gasteiger charge is -2.28. The van der Waals surface area contributed by atoms with E-state index in [0.717, 1.165) is 18.8 Å². The highest BCUT2D eigenvalue weighted by Gasteiger charge is 2.20. The van der Waals surface area contributed by atoms with Crippen LogP contribution in [0.3, 0.4) is 0 Å². The molecule has 1 aliphatic rings. The van der Waals surface area contributed by atoms with Gasteiger partial charge in [-0.1, -0.05) is 12.8 Å². The Balaban J connectivity index is 1.95. The summed E-state index contributed by atoms with van der Waals surface area (Å²) in [7, 11) is 1.83. The lowest BCUT2D eigenvalue weighted by molar-refractivity contribution is 0.0589. The van der Waals surface area contributed by atoms with Crippen LogP contribution in [0.2, 0.25) is 0 Å². The van der Waals surface area contributed by atoms with Crippen molar-refractivity contribution in [1.82, 2.24) is 5.32 Å². The van der Waals surface area contributed by atoms with Crippen molar-refractivity contribution in [3.63, 3.8) is 0 Å². The zero-order chi connectivity index (χ0) is 11.6. The summed E-state index contributed by atoms with van der Waals surface area (Å²) in [4.78, 5) is 0. The Morgan fingerprint density at radius 3 is 2.75 bits per heavy atom. The van der Waals surface area contributed by atoms with Crippen molar-refractivity contribution in [3.8, 4) is 0 Å². The van der Waals surface area contributed by atoms with Crippen molar-refractivity contribution >= 4 is 11.6 Å². The van der Waals surface area contributed by atoms with Crippen molar-refractivity contribution < 1.29 is 4.74 Å². The highest BCUT2D eigenvalue weighted by Crippen LogP contribution is 2.20. The average Bonchev–Trinajstić information content (AvgIpc) is 2.34. The average molecular weight is 248 g/mol. The van der Waals surface area contributed by atoms with Gasteiger partial charge in [-0.05, 0) is 45.1 Å². The smallest absolute Gasteiger partial charge is 0.0586 e. The minimum atomic E-state index is 0.488. The predicted octanol–water partition coefficient (Wildman–Crippen LogP) is 3.33. The van der Waals surface area contributed by atoms with Crippen LogP contribution in [0.1, 0.15) is 51.4 Å². The molecule has 0 aromatic heterocycles. The summed E-state index contributed by atoms with van der Waals surface area (Å²) in [6.45, 7) is 1.16. The normalized spacial score (nSPS) is 25.9. The van der Waals surface area contributed by atoms with Gasteiger partial charge in [-0.15, -0.1) is 11.6 Å². The number of hydrogen-bond donors (Lipinski definition) is 1. The van der Waals surface area contributed by atoms with Crippen molar-refractivity contribution in [2.24, 2.45) is 0 Å². The van der Waals surface area contributed by atoms with Crippen molar-refractivity contribution in [1.29, 1.82) is 0 Å². The lowest BCUT2D eigenvalue weighted by Crippen LogP contribution is -2.37. The molecule has 0 radical (unpaired) electrons. The third-order valence-corrected chi connectivity index (χ3v) is 3.72. The van der Waals surface area contributed by atoms with Crippen LogP contribution in [0.4, 0.5) is 0 Å². The van der Waals surface area contributed by atoms with Gasteiger partial charge in [0.2, 0.25) is 0 Å². The van der Waals surface area contributed by atoms with Crippen LogP contribution in [0.5, 0.6) is 0 Å². The van der Waals surface area contributed by atoms with E-state index < -0.39 is 0 Å². The summed E-state index contributed by atoms with van der Waals surface area (Å²) >= 11 is 5.64. The Hall–Kier alpha value is 0.210. The molecule has 0 aliphatic heterocycles. The molecule has 1 rings (SSSR count). The molecule has 1 saturated carbocycles. The van der Waals surface area contributed by atoms with Crippen LogP contribution in [-0.4, -0.2) is 31.7 Å². The Labute approximate surface area is 105 Å². The Morgan fingerprint density at radius 2 is 2.00 bits per heavy atom. The highest BCUT2D eigenvalue weighted by atomic mass is 35.5. The minimum absolute atomic E-state index is 0.488. The molecule has 0 aromatic carbocycles. The summed E-state index contributed by atoms with van der Waals surface area (Å²) in [6, 6.07) is 0.687. The molecule has 0 bridgehead atoms. The van der Waals surface area contributed by atoms with Gasteiger partial charge in [0.1, 0.15) is 0 Å². The van der Waals surface area contributed by atoms with Gasteiger partial charge in [0.15, 0.2) is 0 Å². The van der Waals surface area contributed by atoms with Gasteiger partial charge in [0.05, 0.1) is 6.10 Å². The number of nitrogens with one attached hydrogen (secondary N) is 1. The minimum Gasteiger partial charge on any atom is -0.381 e. The van der Waals surface area contributed by atoms with Crippen LogP contribution in [0, 0.1) is 0 Å². The lowest BCUT2D eigenvalue weighted by atomic mass is 9.93. The summed E-state index contributed by atoms with van der Waals surface area (Å²) in [6.07, 6.45) is 10.6. The molecule has 1 aliphatic carbocycles. The zero-order valence-corrected chi connectivity index (χ0v) is 11.3. The summed E-state index contributed by atoms with van der Waals surface area (Å²) in [5.41, 5.74) is 0. The third kappa shape index (κ3) is 6.07. The maximum atomic E-state index is 5.64. The fraction of sp³-hybridized carbons (Fsp3) is 1.00. The summed E-state index contributed by atoms with van der Waals surface area (Å²) in [5.74, 6) is 0.811. The molecule has 0 aromatic rings. The summed E-state index contributed by atoms with van der Waals surface area (Å²) in [5, 5.41) is 3.65. The first-order valence-electron chi connectivity index (χ1n) is 6.69. The number of alkyl halides is 1. The Kier molecular flexibility index (Phi) is 8.26. The van der Waals surface area contributed by atoms with E-state index >= 15 is 0 Å². The predicted molar refractivity (Wildman–Crippen MR) is 70.2 cm³/mol. The number of ether oxygens (including phenoxy) is 1. The molecule has 1 fully saturated rings. The van der Waals surface area contributed by atoms with Gasteiger partial charge in [-0.3, -0.25) is 0 Å². The van der Waals surface area contributed by atoms with Crippen LogP contribution in [-0.2, 0) is 4.74 Å². The first-order chi connectivity index (χ1) is 7.86. The molecule has 2 unspecified atom stereocenters. The number of methoxy groups -OCH3 is 1. The number of hydrogen-bond acceptors (Lipinski definition) is 2. The van der Waals surface area contributed by atoms with E-state index in [9.17, 15) is 0 Å². The standard InChI is InChI=1S/C13H26ClNO/c1-16-13-8-6-7-12(11-13)15-10-5-3-2-4-9-14/h12-13,15H,2-11H2,1H3. The van der Waals surface area contributed by atoms with Gasteiger partial charge < -0.3 is 10.1 Å². The molecule has 96 valence electrons. The second kappa shape index (κ2) is 9.26. The topological polar surface area (TPSA) is 21.3 Å². The van der Waals surface area contributed by atoms with E-state index in [0.29, 0.717) is 12.1 Å². The monoisotopic (exact) mass is 247 g/mol. The molecule has 2 nitrogen and oxygen atoms in total. The number of unbranched alkanes of at least 4 members (excludes halogenated alkanes) is 3. The maximum absolute atomic E-state index is 5.64.